The van der Waals surface area contributed by atoms with Gasteiger partial charge in [-0.3, -0.25) is 14.9 Å². The fraction of sp³-hybridized carbons (Fsp3) is 0.267. The summed E-state index contributed by atoms with van der Waals surface area (Å²) in [4.78, 5) is 23.1. The van der Waals surface area contributed by atoms with Gasteiger partial charge in [0, 0.05) is 28.8 Å². The number of carbonyl (C=O) groups excluding carboxylic acids is 1. The van der Waals surface area contributed by atoms with Crippen LogP contribution >= 0.6 is 12.2 Å². The Morgan fingerprint density at radius 3 is 2.64 bits per heavy atom. The highest BCUT2D eigenvalue weighted by molar-refractivity contribution is 7.80. The smallest absolute Gasteiger partial charge is 0.273 e. The third-order valence-electron chi connectivity index (χ3n) is 3.63. The molecule has 1 N–H and O–H groups in total. The molecule has 0 aromatic heterocycles. The molecule has 0 aliphatic carbocycles. The largest absolute Gasteiger partial charge is 0.352 e. The molecule has 0 fully saturated rings. The van der Waals surface area contributed by atoms with Crippen molar-refractivity contribution in [2.24, 2.45) is 5.92 Å². The predicted octanol–water partition coefficient (Wildman–Crippen LogP) is 2.61. The Hall–Kier alpha value is -2.59. The second-order valence-electron chi connectivity index (χ2n) is 4.98. The van der Waals surface area contributed by atoms with E-state index >= 15 is 0 Å². The Morgan fingerprint density at radius 1 is 1.45 bits per heavy atom. The lowest BCUT2D eigenvalue weighted by molar-refractivity contribution is -0.385. The molecule has 7 heteroatoms. The van der Waals surface area contributed by atoms with Gasteiger partial charge in [-0.25, -0.2) is 0 Å². The molecule has 6 nitrogen and oxygen atoms in total. The van der Waals surface area contributed by atoms with Crippen LogP contribution in [0, 0.1) is 27.4 Å². The molecule has 2 unspecified atom stereocenters. The highest BCUT2D eigenvalue weighted by atomic mass is 32.1. The lowest BCUT2D eigenvalue weighted by atomic mass is 9.76. The highest BCUT2D eigenvalue weighted by Crippen LogP contribution is 2.41. The summed E-state index contributed by atoms with van der Waals surface area (Å²) < 4.78 is 0. The van der Waals surface area contributed by atoms with Crippen molar-refractivity contribution in [3.8, 4) is 6.07 Å². The second kappa shape index (κ2) is 6.03. The van der Waals surface area contributed by atoms with Crippen LogP contribution in [0.15, 0.2) is 35.5 Å². The number of thiocarbonyl (C=S) groups is 1. The first-order valence-corrected chi connectivity index (χ1v) is 6.94. The molecule has 2 rings (SSSR count). The average Bonchev–Trinajstić information content (AvgIpc) is 2.45. The van der Waals surface area contributed by atoms with Crippen LogP contribution in [0.1, 0.15) is 25.3 Å². The normalized spacial score (nSPS) is 21.0. The number of rotatable bonds is 3. The van der Waals surface area contributed by atoms with Crippen LogP contribution in [0.25, 0.3) is 0 Å². The van der Waals surface area contributed by atoms with Gasteiger partial charge in [-0.1, -0.05) is 30.4 Å². The molecular formula is C15H13N3O3S. The Balaban J connectivity index is 2.75. The second-order valence-corrected chi connectivity index (χ2v) is 5.42. The summed E-state index contributed by atoms with van der Waals surface area (Å²) in [6, 6.07) is 8.19. The maximum absolute atomic E-state index is 12.0. The van der Waals surface area contributed by atoms with Crippen molar-refractivity contribution >= 4 is 28.7 Å². The van der Waals surface area contributed by atoms with E-state index in [2.05, 4.69) is 11.4 Å². The van der Waals surface area contributed by atoms with Gasteiger partial charge in [0.05, 0.1) is 16.0 Å². The number of nitro groups is 1. The van der Waals surface area contributed by atoms with Crippen LogP contribution in [0.3, 0.4) is 0 Å². The summed E-state index contributed by atoms with van der Waals surface area (Å²) in [5.74, 6) is -1.80. The average molecular weight is 315 g/mol. The van der Waals surface area contributed by atoms with Gasteiger partial charge in [0.25, 0.3) is 5.69 Å². The van der Waals surface area contributed by atoms with Crippen molar-refractivity contribution in [2.75, 3.05) is 0 Å². The number of hydrogen-bond acceptors (Lipinski definition) is 5. The van der Waals surface area contributed by atoms with E-state index < -0.39 is 16.8 Å². The number of nitro benzene ring substituents is 1. The topological polar surface area (TPSA) is 96.0 Å². The molecule has 0 amide bonds. The van der Waals surface area contributed by atoms with Crippen molar-refractivity contribution in [1.29, 1.82) is 5.26 Å². The molecule has 0 radical (unpaired) electrons. The zero-order valence-electron chi connectivity index (χ0n) is 12.0. The number of Topliss-reactive ketones (excluding diaryl/α,β-unsaturated/α-hetero) is 1. The number of carbonyl (C=O) groups is 1. The summed E-state index contributed by atoms with van der Waals surface area (Å²) in [5.41, 5.74) is 1.10. The number of nitriles is 1. The van der Waals surface area contributed by atoms with Crippen molar-refractivity contribution < 1.29 is 9.72 Å². The molecule has 112 valence electrons. The predicted molar refractivity (Wildman–Crippen MR) is 84.1 cm³/mol. The third kappa shape index (κ3) is 2.61. The quantitative estimate of drug-likeness (QED) is 0.523. The van der Waals surface area contributed by atoms with Gasteiger partial charge in [-0.15, -0.1) is 0 Å². The number of nitrogens with one attached hydrogen (secondary N) is 1. The number of ketones is 1. The number of nitrogens with zero attached hydrogens (tertiary/aromatic N) is 2. The zero-order chi connectivity index (χ0) is 16.4. The van der Waals surface area contributed by atoms with Crippen molar-refractivity contribution in [2.45, 2.75) is 19.8 Å². The number of allylic oxidation sites excluding steroid dienone is 2. The molecule has 22 heavy (non-hydrogen) atoms. The van der Waals surface area contributed by atoms with Gasteiger partial charge in [-0.2, -0.15) is 5.26 Å². The molecule has 1 aromatic rings. The minimum atomic E-state index is -0.821. The maximum Gasteiger partial charge on any atom is 0.273 e. The minimum absolute atomic E-state index is 0.121. The van der Waals surface area contributed by atoms with Crippen molar-refractivity contribution in [3.63, 3.8) is 0 Å². The van der Waals surface area contributed by atoms with Gasteiger partial charge < -0.3 is 5.32 Å². The maximum atomic E-state index is 12.0. The molecular weight excluding hydrogens is 302 g/mol. The zero-order valence-corrected chi connectivity index (χ0v) is 12.8. The van der Waals surface area contributed by atoms with E-state index in [4.69, 9.17) is 12.2 Å². The monoisotopic (exact) mass is 315 g/mol. The first-order valence-electron chi connectivity index (χ1n) is 6.54. The molecule has 0 saturated carbocycles. The van der Waals surface area contributed by atoms with E-state index in [0.29, 0.717) is 16.8 Å². The van der Waals surface area contributed by atoms with Crippen molar-refractivity contribution in [1.82, 2.24) is 5.32 Å². The van der Waals surface area contributed by atoms with E-state index in [1.807, 2.05) is 0 Å². The summed E-state index contributed by atoms with van der Waals surface area (Å²) >= 11 is 5.18. The van der Waals surface area contributed by atoms with E-state index in [0.717, 1.165) is 0 Å². The standard InChI is InChI=1S/C15H13N3O3S/c1-8-13(9(2)19)14(11(7-16)15(22)17-8)10-5-3-4-6-12(10)18(20)21/h3-6,11,14H,1-2H3,(H,17,22). The van der Waals surface area contributed by atoms with Gasteiger partial charge in [-0.05, 0) is 13.8 Å². The van der Waals surface area contributed by atoms with Crippen LogP contribution in [0.5, 0.6) is 0 Å². The summed E-state index contributed by atoms with van der Waals surface area (Å²) in [6.45, 7) is 3.06. The molecule has 0 bridgehead atoms. The summed E-state index contributed by atoms with van der Waals surface area (Å²) in [7, 11) is 0. The Morgan fingerprint density at radius 2 is 2.09 bits per heavy atom. The fourth-order valence-electron chi connectivity index (χ4n) is 2.75. The molecule has 1 aromatic carbocycles. The fourth-order valence-corrected chi connectivity index (χ4v) is 3.09. The van der Waals surface area contributed by atoms with Crippen LogP contribution in [0.4, 0.5) is 5.69 Å². The number of benzene rings is 1. The SMILES string of the molecule is CC(=O)C1=C(C)NC(=S)C(C#N)C1c1ccccc1[N+](=O)[O-]. The minimum Gasteiger partial charge on any atom is -0.352 e. The Bertz CT molecular complexity index is 749. The van der Waals surface area contributed by atoms with Gasteiger partial charge in [0.15, 0.2) is 5.78 Å². The van der Waals surface area contributed by atoms with Crippen molar-refractivity contribution in [3.05, 3.63) is 51.2 Å². The summed E-state index contributed by atoms with van der Waals surface area (Å²) in [6.07, 6.45) is 0. The van der Waals surface area contributed by atoms with Crippen LogP contribution < -0.4 is 5.32 Å². The Kier molecular flexibility index (Phi) is 4.33. The van der Waals surface area contributed by atoms with Crippen LogP contribution in [0.2, 0.25) is 0 Å². The highest BCUT2D eigenvalue weighted by Gasteiger charge is 2.40. The van der Waals surface area contributed by atoms with Gasteiger partial charge in [0.1, 0.15) is 5.92 Å². The molecule has 2 atom stereocenters. The van der Waals surface area contributed by atoms with Gasteiger partial charge in [0.2, 0.25) is 0 Å². The number of hydrogen-bond donors (Lipinski definition) is 1. The third-order valence-corrected chi connectivity index (χ3v) is 3.98. The lowest BCUT2D eigenvalue weighted by Crippen LogP contribution is -2.39. The lowest BCUT2D eigenvalue weighted by Gasteiger charge is -2.31. The van der Waals surface area contributed by atoms with Gasteiger partial charge >= 0.3 is 0 Å². The van der Waals surface area contributed by atoms with Crippen LogP contribution in [-0.4, -0.2) is 15.7 Å². The van der Waals surface area contributed by atoms with E-state index in [1.54, 1.807) is 25.1 Å². The van der Waals surface area contributed by atoms with Crippen LogP contribution in [-0.2, 0) is 4.79 Å². The first kappa shape index (κ1) is 15.8. The summed E-state index contributed by atoms with van der Waals surface area (Å²) in [5, 5.41) is 23.6. The molecule has 0 saturated heterocycles. The first-order chi connectivity index (χ1) is 10.4. The molecule has 1 heterocycles. The number of para-hydroxylation sites is 1. The molecule has 1 aliphatic rings. The Labute approximate surface area is 132 Å². The van der Waals surface area contributed by atoms with E-state index in [9.17, 15) is 20.2 Å². The van der Waals surface area contributed by atoms with E-state index in [1.165, 1.54) is 13.0 Å². The van der Waals surface area contributed by atoms with E-state index in [-0.39, 0.29) is 16.5 Å². The molecule has 0 spiro atoms. The molecule has 1 aliphatic heterocycles.